The molecular weight excluding hydrogens is 318 g/mol. The highest BCUT2D eigenvalue weighted by molar-refractivity contribution is 5.92. The van der Waals surface area contributed by atoms with E-state index in [9.17, 15) is 9.59 Å². The van der Waals surface area contributed by atoms with Gasteiger partial charge >= 0.3 is 5.97 Å². The number of benzene rings is 2. The second-order valence-corrected chi connectivity index (χ2v) is 5.48. The molecule has 6 heteroatoms. The highest BCUT2D eigenvalue weighted by Crippen LogP contribution is 2.22. The fraction of sp³-hybridized carbons (Fsp3) is 0.105. The molecule has 1 heterocycles. The summed E-state index contributed by atoms with van der Waals surface area (Å²) in [7, 11) is 0. The van der Waals surface area contributed by atoms with E-state index in [1.807, 2.05) is 60.7 Å². The highest BCUT2D eigenvalue weighted by Gasteiger charge is 2.22. The summed E-state index contributed by atoms with van der Waals surface area (Å²) in [5, 5.41) is 4.52. The average Bonchev–Trinajstić information content (AvgIpc) is 3.08. The van der Waals surface area contributed by atoms with Gasteiger partial charge in [0.25, 0.3) is 5.91 Å². The molecule has 0 saturated heterocycles. The van der Waals surface area contributed by atoms with E-state index in [4.69, 9.17) is 10.5 Å². The summed E-state index contributed by atoms with van der Waals surface area (Å²) in [6.07, 6.45) is -1.02. The third-order valence-corrected chi connectivity index (χ3v) is 3.67. The fourth-order valence-corrected chi connectivity index (χ4v) is 2.32. The molecule has 0 bridgehead atoms. The van der Waals surface area contributed by atoms with Gasteiger partial charge in [0.2, 0.25) is 0 Å². The molecule has 126 valence electrons. The van der Waals surface area contributed by atoms with E-state index >= 15 is 0 Å². The van der Waals surface area contributed by atoms with Crippen LogP contribution in [0.5, 0.6) is 0 Å². The maximum Gasteiger partial charge on any atom is 0.357 e. The van der Waals surface area contributed by atoms with Gasteiger partial charge in [-0.1, -0.05) is 48.5 Å². The fourth-order valence-electron chi connectivity index (χ4n) is 2.32. The summed E-state index contributed by atoms with van der Waals surface area (Å²) in [5.74, 6) is -1.37. The molecule has 0 saturated carbocycles. The number of carbonyl (C=O) groups excluding carboxylic acids is 2. The zero-order chi connectivity index (χ0) is 17.8. The number of hydrogen-bond donors (Lipinski definition) is 1. The van der Waals surface area contributed by atoms with Gasteiger partial charge in [0.15, 0.2) is 11.8 Å². The summed E-state index contributed by atoms with van der Waals surface area (Å²) in [6, 6.07) is 20.4. The van der Waals surface area contributed by atoms with Crippen molar-refractivity contribution in [1.82, 2.24) is 9.78 Å². The number of rotatable bonds is 5. The Balaban J connectivity index is 2.05. The molecular formula is C19H17N3O3. The van der Waals surface area contributed by atoms with Gasteiger partial charge < -0.3 is 10.5 Å². The molecule has 0 radical (unpaired) electrons. The number of amides is 1. The molecule has 3 rings (SSSR count). The van der Waals surface area contributed by atoms with Crippen molar-refractivity contribution in [3.05, 3.63) is 72.4 Å². The van der Waals surface area contributed by atoms with Gasteiger partial charge in [-0.3, -0.25) is 4.79 Å². The first-order valence-corrected chi connectivity index (χ1v) is 7.77. The maximum absolute atomic E-state index is 12.5. The Morgan fingerprint density at radius 3 is 2.24 bits per heavy atom. The lowest BCUT2D eigenvalue weighted by Gasteiger charge is -2.10. The van der Waals surface area contributed by atoms with Crippen LogP contribution in [0.1, 0.15) is 17.4 Å². The molecule has 25 heavy (non-hydrogen) atoms. The monoisotopic (exact) mass is 335 g/mol. The molecule has 1 aromatic heterocycles. The summed E-state index contributed by atoms with van der Waals surface area (Å²) >= 11 is 0. The van der Waals surface area contributed by atoms with Gasteiger partial charge in [0.1, 0.15) is 0 Å². The Hall–Kier alpha value is -3.41. The van der Waals surface area contributed by atoms with Crippen LogP contribution in [0.3, 0.4) is 0 Å². The quantitative estimate of drug-likeness (QED) is 0.726. The van der Waals surface area contributed by atoms with Crippen LogP contribution >= 0.6 is 0 Å². The largest absolute Gasteiger partial charge is 0.448 e. The van der Waals surface area contributed by atoms with Crippen molar-refractivity contribution in [2.24, 2.45) is 5.73 Å². The lowest BCUT2D eigenvalue weighted by Crippen LogP contribution is -2.31. The van der Waals surface area contributed by atoms with Crippen molar-refractivity contribution in [1.29, 1.82) is 0 Å². The van der Waals surface area contributed by atoms with Crippen LogP contribution in [-0.4, -0.2) is 27.8 Å². The lowest BCUT2D eigenvalue weighted by molar-refractivity contribution is -0.125. The minimum absolute atomic E-state index is 0.221. The van der Waals surface area contributed by atoms with E-state index in [0.717, 1.165) is 5.56 Å². The zero-order valence-corrected chi connectivity index (χ0v) is 13.6. The number of nitrogens with two attached hydrogens (primary N) is 1. The highest BCUT2D eigenvalue weighted by atomic mass is 16.5. The number of esters is 1. The Morgan fingerprint density at radius 2 is 1.64 bits per heavy atom. The van der Waals surface area contributed by atoms with Crippen LogP contribution in [0.2, 0.25) is 0 Å². The minimum atomic E-state index is -1.02. The van der Waals surface area contributed by atoms with Crippen molar-refractivity contribution < 1.29 is 14.3 Å². The third-order valence-electron chi connectivity index (χ3n) is 3.67. The normalized spacial score (nSPS) is 11.7. The van der Waals surface area contributed by atoms with Crippen molar-refractivity contribution in [2.75, 3.05) is 0 Å². The predicted octanol–water partition coefficient (Wildman–Crippen LogP) is 2.57. The lowest BCUT2D eigenvalue weighted by atomic mass is 10.1. The number of carbonyl (C=O) groups is 2. The summed E-state index contributed by atoms with van der Waals surface area (Å²) in [6.45, 7) is 1.43. The van der Waals surface area contributed by atoms with E-state index in [2.05, 4.69) is 5.10 Å². The van der Waals surface area contributed by atoms with E-state index < -0.39 is 18.0 Å². The second kappa shape index (κ2) is 7.00. The van der Waals surface area contributed by atoms with Gasteiger partial charge in [-0.25, -0.2) is 9.48 Å². The van der Waals surface area contributed by atoms with Crippen molar-refractivity contribution in [3.63, 3.8) is 0 Å². The van der Waals surface area contributed by atoms with Gasteiger partial charge in [-0.2, -0.15) is 5.10 Å². The first-order valence-electron chi connectivity index (χ1n) is 7.77. The number of para-hydroxylation sites is 1. The van der Waals surface area contributed by atoms with E-state index in [1.165, 1.54) is 11.6 Å². The van der Waals surface area contributed by atoms with Crippen LogP contribution in [0, 0.1) is 0 Å². The molecule has 0 aliphatic rings. The number of hydrogen-bond acceptors (Lipinski definition) is 4. The standard InChI is InChI=1S/C19H17N3O3/c1-13(18(20)23)25-19(24)17-12-16(14-8-4-2-5-9-14)21-22(17)15-10-6-3-7-11-15/h2-13H,1H3,(H2,20,23). The van der Waals surface area contributed by atoms with Gasteiger partial charge in [-0.15, -0.1) is 0 Å². The third kappa shape index (κ3) is 3.58. The Kier molecular flexibility index (Phi) is 4.61. The summed E-state index contributed by atoms with van der Waals surface area (Å²) in [5.41, 5.74) is 7.60. The van der Waals surface area contributed by atoms with Crippen LogP contribution in [0.25, 0.3) is 16.9 Å². The molecule has 0 aliphatic heterocycles. The molecule has 6 nitrogen and oxygen atoms in total. The molecule has 0 spiro atoms. The van der Waals surface area contributed by atoms with E-state index in [1.54, 1.807) is 6.07 Å². The van der Waals surface area contributed by atoms with Crippen LogP contribution in [-0.2, 0) is 9.53 Å². The summed E-state index contributed by atoms with van der Waals surface area (Å²) in [4.78, 5) is 23.7. The molecule has 1 atom stereocenters. The Morgan fingerprint density at radius 1 is 1.04 bits per heavy atom. The average molecular weight is 335 g/mol. The SMILES string of the molecule is CC(OC(=O)c1cc(-c2ccccc2)nn1-c1ccccc1)C(N)=O. The molecule has 2 aromatic carbocycles. The molecule has 0 fully saturated rings. The molecule has 1 unspecified atom stereocenters. The van der Waals surface area contributed by atoms with Crippen LogP contribution in [0.4, 0.5) is 0 Å². The number of primary amides is 1. The van der Waals surface area contributed by atoms with Crippen LogP contribution in [0.15, 0.2) is 66.7 Å². The Labute approximate surface area is 144 Å². The van der Waals surface area contributed by atoms with Crippen molar-refractivity contribution >= 4 is 11.9 Å². The van der Waals surface area contributed by atoms with E-state index in [-0.39, 0.29) is 5.69 Å². The smallest absolute Gasteiger partial charge is 0.357 e. The first-order chi connectivity index (χ1) is 12.1. The van der Waals surface area contributed by atoms with Crippen LogP contribution < -0.4 is 5.73 Å². The van der Waals surface area contributed by atoms with Gasteiger partial charge in [0.05, 0.1) is 11.4 Å². The number of ether oxygens (including phenoxy) is 1. The maximum atomic E-state index is 12.5. The number of nitrogens with zero attached hydrogens (tertiary/aromatic N) is 2. The van der Waals surface area contributed by atoms with Gasteiger partial charge in [0, 0.05) is 5.56 Å². The predicted molar refractivity (Wildman–Crippen MR) is 93.1 cm³/mol. The van der Waals surface area contributed by atoms with Gasteiger partial charge in [-0.05, 0) is 25.1 Å². The summed E-state index contributed by atoms with van der Waals surface area (Å²) < 4.78 is 6.63. The molecule has 3 aromatic rings. The Bertz CT molecular complexity index is 889. The first kappa shape index (κ1) is 16.4. The minimum Gasteiger partial charge on any atom is -0.448 e. The van der Waals surface area contributed by atoms with Crippen molar-refractivity contribution in [2.45, 2.75) is 13.0 Å². The van der Waals surface area contributed by atoms with E-state index in [0.29, 0.717) is 11.4 Å². The molecule has 2 N–H and O–H groups in total. The molecule has 0 aliphatic carbocycles. The zero-order valence-electron chi connectivity index (χ0n) is 13.6. The second-order valence-electron chi connectivity index (χ2n) is 5.48. The number of aromatic nitrogens is 2. The topological polar surface area (TPSA) is 87.2 Å². The van der Waals surface area contributed by atoms with Crippen molar-refractivity contribution in [3.8, 4) is 16.9 Å². The molecule has 1 amide bonds.